The summed E-state index contributed by atoms with van der Waals surface area (Å²) in [5, 5.41) is 14.8. The van der Waals surface area contributed by atoms with Gasteiger partial charge in [0.2, 0.25) is 0 Å². The second kappa shape index (κ2) is 5.25. The van der Waals surface area contributed by atoms with E-state index in [-0.39, 0.29) is 0 Å². The van der Waals surface area contributed by atoms with Crippen molar-refractivity contribution in [2.75, 3.05) is 18.0 Å². The van der Waals surface area contributed by atoms with Crippen LogP contribution in [0.4, 0.5) is 5.69 Å². The molecular weight excluding hydrogens is 252 g/mol. The first kappa shape index (κ1) is 13.1. The van der Waals surface area contributed by atoms with Gasteiger partial charge in [-0.25, -0.2) is 4.98 Å². The second-order valence-corrected chi connectivity index (χ2v) is 5.52. The highest BCUT2D eigenvalue weighted by molar-refractivity contribution is 5.46. The summed E-state index contributed by atoms with van der Waals surface area (Å²) in [5.74, 6) is 0.848. The Morgan fingerprint density at radius 2 is 1.90 bits per heavy atom. The summed E-state index contributed by atoms with van der Waals surface area (Å²) in [6.07, 6.45) is 3.63. The van der Waals surface area contributed by atoms with Gasteiger partial charge in [-0.15, -0.1) is 0 Å². The molecule has 1 aliphatic rings. The number of anilines is 1. The number of hydrogen-bond donors (Lipinski definition) is 1. The third-order valence-electron chi connectivity index (χ3n) is 4.11. The predicted molar refractivity (Wildman–Crippen MR) is 77.5 cm³/mol. The van der Waals surface area contributed by atoms with E-state index in [9.17, 15) is 5.11 Å². The first-order valence-corrected chi connectivity index (χ1v) is 7.02. The number of benzene rings is 1. The maximum Gasteiger partial charge on any atom is 0.138 e. The monoisotopic (exact) mass is 272 g/mol. The van der Waals surface area contributed by atoms with Crippen LogP contribution in [-0.4, -0.2) is 38.6 Å². The standard InChI is InChI=1S/C15H20N4O/c1-18-14(16-12-17-18)11-15(20)7-9-19(10-8-15)13-5-3-2-4-6-13/h2-6,12,20H,7-11H2,1H3. The third kappa shape index (κ3) is 2.67. The van der Waals surface area contributed by atoms with E-state index in [0.29, 0.717) is 6.42 Å². The number of para-hydroxylation sites is 1. The molecule has 3 rings (SSSR count). The predicted octanol–water partition coefficient (Wildman–Crippen LogP) is 1.39. The summed E-state index contributed by atoms with van der Waals surface area (Å²) in [6, 6.07) is 10.4. The molecule has 1 N–H and O–H groups in total. The van der Waals surface area contributed by atoms with Gasteiger partial charge in [-0.3, -0.25) is 4.68 Å². The first-order valence-electron chi connectivity index (χ1n) is 7.02. The second-order valence-electron chi connectivity index (χ2n) is 5.52. The topological polar surface area (TPSA) is 54.2 Å². The minimum atomic E-state index is -0.661. The molecule has 0 unspecified atom stereocenters. The van der Waals surface area contributed by atoms with Crippen LogP contribution < -0.4 is 4.90 Å². The number of aliphatic hydroxyl groups is 1. The minimum absolute atomic E-state index is 0.576. The van der Waals surface area contributed by atoms with Gasteiger partial charge in [-0.2, -0.15) is 5.10 Å². The van der Waals surface area contributed by atoms with Gasteiger partial charge in [0.05, 0.1) is 5.60 Å². The van der Waals surface area contributed by atoms with Crippen molar-refractivity contribution in [3.8, 4) is 0 Å². The molecular formula is C15H20N4O. The van der Waals surface area contributed by atoms with Crippen molar-refractivity contribution in [2.45, 2.75) is 24.9 Å². The van der Waals surface area contributed by atoms with Crippen molar-refractivity contribution < 1.29 is 5.11 Å². The molecule has 0 amide bonds. The Balaban J connectivity index is 1.64. The molecule has 1 aromatic heterocycles. The quantitative estimate of drug-likeness (QED) is 0.917. The van der Waals surface area contributed by atoms with Crippen LogP contribution in [0.15, 0.2) is 36.7 Å². The average molecular weight is 272 g/mol. The number of aromatic nitrogens is 3. The largest absolute Gasteiger partial charge is 0.389 e. The fourth-order valence-corrected chi connectivity index (χ4v) is 2.77. The van der Waals surface area contributed by atoms with E-state index in [1.165, 1.54) is 12.0 Å². The van der Waals surface area contributed by atoms with Gasteiger partial charge in [0.25, 0.3) is 0 Å². The van der Waals surface area contributed by atoms with Crippen LogP contribution in [0.1, 0.15) is 18.7 Å². The molecule has 20 heavy (non-hydrogen) atoms. The molecule has 0 atom stereocenters. The molecule has 2 heterocycles. The van der Waals surface area contributed by atoms with Crippen molar-refractivity contribution >= 4 is 5.69 Å². The van der Waals surface area contributed by atoms with Crippen LogP contribution in [0.2, 0.25) is 0 Å². The zero-order chi connectivity index (χ0) is 14.0. The van der Waals surface area contributed by atoms with Crippen LogP contribution >= 0.6 is 0 Å². The summed E-state index contributed by atoms with van der Waals surface area (Å²) < 4.78 is 1.74. The molecule has 1 aromatic carbocycles. The molecule has 1 aliphatic heterocycles. The van der Waals surface area contributed by atoms with E-state index < -0.39 is 5.60 Å². The molecule has 0 bridgehead atoms. The summed E-state index contributed by atoms with van der Waals surface area (Å²) in [4.78, 5) is 6.54. The van der Waals surface area contributed by atoms with Gasteiger partial charge < -0.3 is 10.0 Å². The Hall–Kier alpha value is -1.88. The highest BCUT2D eigenvalue weighted by Gasteiger charge is 2.33. The van der Waals surface area contributed by atoms with Gasteiger partial charge in [0.15, 0.2) is 0 Å². The van der Waals surface area contributed by atoms with E-state index in [1.54, 1.807) is 4.68 Å². The Morgan fingerprint density at radius 3 is 2.50 bits per heavy atom. The zero-order valence-electron chi connectivity index (χ0n) is 11.7. The lowest BCUT2D eigenvalue weighted by molar-refractivity contribution is 0.0140. The van der Waals surface area contributed by atoms with Crippen LogP contribution in [-0.2, 0) is 13.5 Å². The van der Waals surface area contributed by atoms with Crippen LogP contribution in [0, 0.1) is 0 Å². The SMILES string of the molecule is Cn1ncnc1CC1(O)CCN(c2ccccc2)CC1. The van der Waals surface area contributed by atoms with Gasteiger partial charge in [-0.1, -0.05) is 18.2 Å². The molecule has 1 saturated heterocycles. The Bertz CT molecular complexity index is 558. The summed E-state index contributed by atoms with van der Waals surface area (Å²) in [6.45, 7) is 1.75. The molecule has 0 aliphatic carbocycles. The van der Waals surface area contributed by atoms with Crippen molar-refractivity contribution in [1.82, 2.24) is 14.8 Å². The van der Waals surface area contributed by atoms with E-state index in [1.807, 2.05) is 13.1 Å². The third-order valence-corrected chi connectivity index (χ3v) is 4.11. The number of nitrogens with zero attached hydrogens (tertiary/aromatic N) is 4. The van der Waals surface area contributed by atoms with Crippen molar-refractivity contribution in [3.63, 3.8) is 0 Å². The van der Waals surface area contributed by atoms with Crippen molar-refractivity contribution in [2.24, 2.45) is 7.05 Å². The molecule has 1 fully saturated rings. The maximum absolute atomic E-state index is 10.7. The molecule has 0 spiro atoms. The van der Waals surface area contributed by atoms with Gasteiger partial charge in [0.1, 0.15) is 12.2 Å². The fourth-order valence-electron chi connectivity index (χ4n) is 2.77. The Labute approximate surface area is 118 Å². The maximum atomic E-state index is 10.7. The molecule has 5 nitrogen and oxygen atoms in total. The molecule has 2 aromatic rings. The highest BCUT2D eigenvalue weighted by atomic mass is 16.3. The smallest absolute Gasteiger partial charge is 0.138 e. The number of aryl methyl sites for hydroxylation is 1. The van der Waals surface area contributed by atoms with Crippen molar-refractivity contribution in [3.05, 3.63) is 42.5 Å². The molecule has 5 heteroatoms. The number of piperidine rings is 1. The zero-order valence-corrected chi connectivity index (χ0v) is 11.7. The van der Waals surface area contributed by atoms with Crippen LogP contribution in [0.3, 0.4) is 0 Å². The van der Waals surface area contributed by atoms with Gasteiger partial charge in [0, 0.05) is 32.2 Å². The van der Waals surface area contributed by atoms with Gasteiger partial charge >= 0.3 is 0 Å². The summed E-state index contributed by atoms with van der Waals surface area (Å²) in [5.41, 5.74) is 0.569. The first-order chi connectivity index (χ1) is 9.66. The summed E-state index contributed by atoms with van der Waals surface area (Å²) in [7, 11) is 1.87. The van der Waals surface area contributed by atoms with Gasteiger partial charge in [-0.05, 0) is 25.0 Å². The lowest BCUT2D eigenvalue weighted by Gasteiger charge is -2.39. The lowest BCUT2D eigenvalue weighted by atomic mass is 9.87. The summed E-state index contributed by atoms with van der Waals surface area (Å²) >= 11 is 0. The Morgan fingerprint density at radius 1 is 1.20 bits per heavy atom. The fraction of sp³-hybridized carbons (Fsp3) is 0.467. The highest BCUT2D eigenvalue weighted by Crippen LogP contribution is 2.28. The van der Waals surface area contributed by atoms with Crippen molar-refractivity contribution in [1.29, 1.82) is 0 Å². The minimum Gasteiger partial charge on any atom is -0.389 e. The number of rotatable bonds is 3. The normalized spacial score (nSPS) is 18.2. The van der Waals surface area contributed by atoms with Crippen LogP contribution in [0.25, 0.3) is 0 Å². The van der Waals surface area contributed by atoms with E-state index in [4.69, 9.17) is 0 Å². The average Bonchev–Trinajstić information content (AvgIpc) is 2.85. The Kier molecular flexibility index (Phi) is 3.44. The van der Waals surface area contributed by atoms with E-state index in [0.717, 1.165) is 31.8 Å². The molecule has 106 valence electrons. The van der Waals surface area contributed by atoms with Crippen LogP contribution in [0.5, 0.6) is 0 Å². The number of hydrogen-bond acceptors (Lipinski definition) is 4. The van der Waals surface area contributed by atoms with E-state index in [2.05, 4.69) is 39.2 Å². The molecule has 0 radical (unpaired) electrons. The van der Waals surface area contributed by atoms with E-state index >= 15 is 0 Å². The molecule has 0 saturated carbocycles. The lowest BCUT2D eigenvalue weighted by Crippen LogP contribution is -2.46.